The topological polar surface area (TPSA) is 60.9 Å². The Balaban J connectivity index is 1.35. The van der Waals surface area contributed by atoms with Crippen molar-refractivity contribution in [2.45, 2.75) is 18.0 Å². The lowest BCUT2D eigenvalue weighted by Gasteiger charge is -2.58. The van der Waals surface area contributed by atoms with Gasteiger partial charge in [0.25, 0.3) is 5.91 Å². The smallest absolute Gasteiger partial charge is 0.257 e. The lowest BCUT2D eigenvalue weighted by atomic mass is 9.73. The molecule has 2 aliphatic heterocycles. The van der Waals surface area contributed by atoms with Gasteiger partial charge in [-0.25, -0.2) is 8.78 Å². The average Bonchev–Trinajstić information content (AvgIpc) is 2.85. The molecule has 0 bridgehead atoms. The number of amides is 2. The van der Waals surface area contributed by atoms with E-state index in [9.17, 15) is 23.5 Å². The van der Waals surface area contributed by atoms with E-state index >= 15 is 0 Å². The standard InChI is InChI=1S/C28H22F2N2O3/c29-21-13-9-19(10-14-21)6-5-18-7-11-20(12-8-18)27-24-15-31(16-26(34)32(24)25(27)17-33)28(35)22-3-1-2-4-23(22)30/h1-4,7-14,24-25,27,33H,15-17H2/t24-,25+,27-/m1/s1. The first kappa shape index (κ1) is 22.8. The van der Waals surface area contributed by atoms with Crippen LogP contribution in [0.2, 0.25) is 0 Å². The zero-order valence-corrected chi connectivity index (χ0v) is 18.7. The van der Waals surface area contributed by atoms with Crippen LogP contribution < -0.4 is 0 Å². The van der Waals surface area contributed by atoms with Gasteiger partial charge in [-0.05, 0) is 54.1 Å². The summed E-state index contributed by atoms with van der Waals surface area (Å²) in [5.41, 5.74) is 2.33. The molecule has 0 aliphatic carbocycles. The lowest BCUT2D eigenvalue weighted by Crippen LogP contribution is -2.73. The van der Waals surface area contributed by atoms with Gasteiger partial charge in [0.2, 0.25) is 5.91 Å². The highest BCUT2D eigenvalue weighted by molar-refractivity contribution is 5.97. The molecule has 2 heterocycles. The molecule has 0 spiro atoms. The second-order valence-electron chi connectivity index (χ2n) is 8.69. The fraction of sp³-hybridized carbons (Fsp3) is 0.214. The van der Waals surface area contributed by atoms with Crippen LogP contribution in [0.4, 0.5) is 8.78 Å². The average molecular weight is 472 g/mol. The third-order valence-corrected chi connectivity index (χ3v) is 6.63. The minimum atomic E-state index is -0.622. The van der Waals surface area contributed by atoms with Crippen LogP contribution >= 0.6 is 0 Å². The highest BCUT2D eigenvalue weighted by Crippen LogP contribution is 2.43. The maximum atomic E-state index is 14.2. The molecule has 35 heavy (non-hydrogen) atoms. The predicted molar refractivity (Wildman–Crippen MR) is 125 cm³/mol. The van der Waals surface area contributed by atoms with E-state index < -0.39 is 11.7 Å². The molecule has 5 rings (SSSR count). The molecule has 5 nitrogen and oxygen atoms in total. The van der Waals surface area contributed by atoms with Crippen LogP contribution in [0, 0.1) is 23.5 Å². The minimum absolute atomic E-state index is 0.0626. The van der Waals surface area contributed by atoms with Crippen LogP contribution in [0.1, 0.15) is 33.0 Å². The zero-order chi connectivity index (χ0) is 24.5. The summed E-state index contributed by atoms with van der Waals surface area (Å²) in [7, 11) is 0. The Kier molecular flexibility index (Phi) is 6.06. The summed E-state index contributed by atoms with van der Waals surface area (Å²) < 4.78 is 27.2. The van der Waals surface area contributed by atoms with Crippen LogP contribution in [0.5, 0.6) is 0 Å². The van der Waals surface area contributed by atoms with E-state index in [2.05, 4.69) is 11.8 Å². The van der Waals surface area contributed by atoms with Crippen LogP contribution in [-0.2, 0) is 4.79 Å². The first-order valence-corrected chi connectivity index (χ1v) is 11.3. The number of fused-ring (bicyclic) bond motifs is 1. The molecule has 2 aliphatic rings. The molecule has 3 aromatic rings. The van der Waals surface area contributed by atoms with Gasteiger partial charge in [-0.1, -0.05) is 36.1 Å². The molecule has 3 atom stereocenters. The zero-order valence-electron chi connectivity index (χ0n) is 18.7. The highest BCUT2D eigenvalue weighted by atomic mass is 19.1. The predicted octanol–water partition coefficient (Wildman–Crippen LogP) is 3.18. The van der Waals surface area contributed by atoms with Crippen LogP contribution in [0.3, 0.4) is 0 Å². The van der Waals surface area contributed by atoms with Crippen LogP contribution in [-0.4, -0.2) is 58.5 Å². The Morgan fingerprint density at radius 2 is 1.57 bits per heavy atom. The molecule has 176 valence electrons. The van der Waals surface area contributed by atoms with Gasteiger partial charge in [0, 0.05) is 23.6 Å². The molecule has 2 amide bonds. The molecule has 2 fully saturated rings. The van der Waals surface area contributed by atoms with E-state index in [0.29, 0.717) is 5.56 Å². The SMILES string of the molecule is O=C(c1ccccc1F)N1CC(=O)N2[C@H](C1)[C@@H](c1ccc(C#Cc3ccc(F)cc3)cc1)[C@@H]2CO. The Bertz CT molecular complexity index is 1330. The van der Waals surface area contributed by atoms with E-state index in [1.807, 2.05) is 24.3 Å². The molecule has 0 saturated carbocycles. The number of halogens is 2. The van der Waals surface area contributed by atoms with Crippen molar-refractivity contribution >= 4 is 11.8 Å². The molecule has 0 unspecified atom stereocenters. The van der Waals surface area contributed by atoms with Crippen molar-refractivity contribution in [3.05, 3.63) is 107 Å². The van der Waals surface area contributed by atoms with Crippen LogP contribution in [0.25, 0.3) is 0 Å². The second kappa shape index (κ2) is 9.32. The molecule has 3 aromatic carbocycles. The van der Waals surface area contributed by atoms with E-state index in [-0.39, 0.29) is 55.0 Å². The Morgan fingerprint density at radius 3 is 2.20 bits per heavy atom. The maximum Gasteiger partial charge on any atom is 0.257 e. The summed E-state index contributed by atoms with van der Waals surface area (Å²) in [6, 6.07) is 18.5. The van der Waals surface area contributed by atoms with Crippen LogP contribution in [0.15, 0.2) is 72.8 Å². The fourth-order valence-corrected chi connectivity index (χ4v) is 4.93. The number of rotatable bonds is 3. The molecular formula is C28H22F2N2O3. The quantitative estimate of drug-likeness (QED) is 0.596. The first-order valence-electron chi connectivity index (χ1n) is 11.3. The summed E-state index contributed by atoms with van der Waals surface area (Å²) in [4.78, 5) is 28.7. The highest BCUT2D eigenvalue weighted by Gasteiger charge is 2.54. The third kappa shape index (κ3) is 4.29. The monoisotopic (exact) mass is 472 g/mol. The van der Waals surface area contributed by atoms with E-state index in [1.54, 1.807) is 23.1 Å². The number of hydrogen-bond donors (Lipinski definition) is 1. The molecule has 0 radical (unpaired) electrons. The summed E-state index contributed by atoms with van der Waals surface area (Å²) >= 11 is 0. The first-order chi connectivity index (χ1) is 17.0. The van der Waals surface area contributed by atoms with Gasteiger partial charge >= 0.3 is 0 Å². The number of hydrogen-bond acceptors (Lipinski definition) is 3. The Labute approximate surface area is 201 Å². The van der Waals surface area contributed by atoms with Crippen molar-refractivity contribution in [2.75, 3.05) is 19.7 Å². The molecular weight excluding hydrogens is 450 g/mol. The van der Waals surface area contributed by atoms with Gasteiger partial charge < -0.3 is 14.9 Å². The van der Waals surface area contributed by atoms with Crippen molar-refractivity contribution in [3.63, 3.8) is 0 Å². The molecule has 2 saturated heterocycles. The lowest BCUT2D eigenvalue weighted by molar-refractivity contribution is -0.159. The number of piperazine rings is 1. The van der Waals surface area contributed by atoms with Crippen molar-refractivity contribution in [3.8, 4) is 11.8 Å². The van der Waals surface area contributed by atoms with Crippen molar-refractivity contribution in [2.24, 2.45) is 0 Å². The summed E-state index contributed by atoms with van der Waals surface area (Å²) in [5.74, 6) is 4.14. The largest absolute Gasteiger partial charge is 0.394 e. The number of aliphatic hydroxyl groups is 1. The molecule has 0 aromatic heterocycles. The van der Waals surface area contributed by atoms with Crippen molar-refractivity contribution in [1.82, 2.24) is 9.80 Å². The van der Waals surface area contributed by atoms with Crippen molar-refractivity contribution < 1.29 is 23.5 Å². The third-order valence-electron chi connectivity index (χ3n) is 6.63. The maximum absolute atomic E-state index is 14.2. The summed E-state index contributed by atoms with van der Waals surface area (Å²) in [6.07, 6.45) is 0. The fourth-order valence-electron chi connectivity index (χ4n) is 4.93. The summed E-state index contributed by atoms with van der Waals surface area (Å²) in [5, 5.41) is 9.98. The number of carbonyl (C=O) groups excluding carboxylic acids is 2. The Hall–Kier alpha value is -4.02. The number of aliphatic hydroxyl groups excluding tert-OH is 1. The van der Waals surface area contributed by atoms with E-state index in [4.69, 9.17) is 0 Å². The molecule has 1 N–H and O–H groups in total. The van der Waals surface area contributed by atoms with Gasteiger partial charge in [0.15, 0.2) is 0 Å². The van der Waals surface area contributed by atoms with Gasteiger partial charge in [-0.15, -0.1) is 0 Å². The Morgan fingerprint density at radius 1 is 0.943 bits per heavy atom. The number of nitrogens with zero attached hydrogens (tertiary/aromatic N) is 2. The summed E-state index contributed by atoms with van der Waals surface area (Å²) in [6.45, 7) is -0.0860. The van der Waals surface area contributed by atoms with Gasteiger partial charge in [0.1, 0.15) is 18.2 Å². The van der Waals surface area contributed by atoms with E-state index in [1.165, 1.54) is 35.2 Å². The number of carbonyl (C=O) groups is 2. The van der Waals surface area contributed by atoms with Gasteiger partial charge in [-0.3, -0.25) is 9.59 Å². The second-order valence-corrected chi connectivity index (χ2v) is 8.69. The van der Waals surface area contributed by atoms with Crippen molar-refractivity contribution in [1.29, 1.82) is 0 Å². The minimum Gasteiger partial charge on any atom is -0.394 e. The van der Waals surface area contributed by atoms with Gasteiger partial charge in [0.05, 0.1) is 24.3 Å². The normalized spacial score (nSPS) is 21.0. The van der Waals surface area contributed by atoms with E-state index in [0.717, 1.165) is 11.1 Å². The molecule has 7 heteroatoms. The van der Waals surface area contributed by atoms with Gasteiger partial charge in [-0.2, -0.15) is 0 Å². The number of benzene rings is 3.